The summed E-state index contributed by atoms with van der Waals surface area (Å²) in [4.78, 5) is 4.97. The summed E-state index contributed by atoms with van der Waals surface area (Å²) in [6.07, 6.45) is 0. The van der Waals surface area contributed by atoms with Crippen molar-refractivity contribution < 1.29 is 9.76 Å². The lowest BCUT2D eigenvalue weighted by Gasteiger charge is -2.37. The second-order valence-electron chi connectivity index (χ2n) is 9.29. The summed E-state index contributed by atoms with van der Waals surface area (Å²) in [6.45, 7) is 7.25. The Balaban J connectivity index is 1.65. The fraction of sp³-hybridized carbons (Fsp3) is 0.207. The highest BCUT2D eigenvalue weighted by molar-refractivity contribution is 6.47. The van der Waals surface area contributed by atoms with E-state index in [0.717, 1.165) is 39.1 Å². The molecule has 0 saturated carbocycles. The number of aromatic nitrogens is 1. The van der Waals surface area contributed by atoms with Gasteiger partial charge in [0.2, 0.25) is 0 Å². The molecule has 0 saturated heterocycles. The van der Waals surface area contributed by atoms with E-state index in [9.17, 15) is 5.11 Å². The van der Waals surface area contributed by atoms with Gasteiger partial charge in [0, 0.05) is 11.1 Å². The van der Waals surface area contributed by atoms with Crippen molar-refractivity contribution in [2.45, 2.75) is 38.9 Å². The summed E-state index contributed by atoms with van der Waals surface area (Å²) in [5.74, 6) is 0. The molecule has 33 heavy (non-hydrogen) atoms. The van der Waals surface area contributed by atoms with Gasteiger partial charge in [0.25, 0.3) is 0 Å². The summed E-state index contributed by atoms with van der Waals surface area (Å²) in [7, 11) is 1.70. The van der Waals surface area contributed by atoms with Crippen LogP contribution in [0.15, 0.2) is 97.1 Å². The van der Waals surface area contributed by atoms with Gasteiger partial charge < -0.3 is 9.76 Å². The Kier molecular flexibility index (Phi) is 6.50. The standard InChI is InChI=1S/C29H29BNO2/c1-28(2,32)29(3,4)33-30-25-17-15-23(16-18-25)27-20-24(21-11-7-5-8-12-21)19-26(31-27)22-13-9-6-10-14-22/h5-20,32H,1-4H3. The second-order valence-corrected chi connectivity index (χ2v) is 9.29. The quantitative estimate of drug-likeness (QED) is 0.369. The largest absolute Gasteiger partial charge is 0.427 e. The Morgan fingerprint density at radius 1 is 0.636 bits per heavy atom. The Morgan fingerprint density at radius 2 is 1.12 bits per heavy atom. The first kappa shape index (κ1) is 23.0. The van der Waals surface area contributed by atoms with Crippen LogP contribution in [0.1, 0.15) is 27.7 Å². The van der Waals surface area contributed by atoms with E-state index in [-0.39, 0.29) is 0 Å². The molecule has 0 atom stereocenters. The SMILES string of the molecule is CC(C)(O)C(C)(C)O[B]c1ccc(-c2cc(-c3ccccc3)cc(-c3ccccc3)n2)cc1. The topological polar surface area (TPSA) is 42.4 Å². The molecule has 1 heterocycles. The number of pyridine rings is 1. The number of nitrogens with zero attached hydrogens (tertiary/aromatic N) is 1. The van der Waals surface area contributed by atoms with Gasteiger partial charge in [0.05, 0.1) is 22.6 Å². The zero-order valence-electron chi connectivity index (χ0n) is 19.6. The molecule has 1 N–H and O–H groups in total. The van der Waals surface area contributed by atoms with Crippen molar-refractivity contribution in [3.05, 3.63) is 97.1 Å². The summed E-state index contributed by atoms with van der Waals surface area (Å²) < 4.78 is 5.89. The van der Waals surface area contributed by atoms with Gasteiger partial charge in [-0.3, -0.25) is 0 Å². The van der Waals surface area contributed by atoms with Crippen molar-refractivity contribution >= 4 is 12.9 Å². The van der Waals surface area contributed by atoms with Crippen molar-refractivity contribution in [3.8, 4) is 33.6 Å². The van der Waals surface area contributed by atoms with Crippen LogP contribution in [-0.2, 0) is 4.65 Å². The van der Waals surface area contributed by atoms with E-state index in [4.69, 9.17) is 9.64 Å². The fourth-order valence-corrected chi connectivity index (χ4v) is 3.32. The van der Waals surface area contributed by atoms with E-state index >= 15 is 0 Å². The highest BCUT2D eigenvalue weighted by Crippen LogP contribution is 2.30. The molecule has 0 aliphatic rings. The second kappa shape index (κ2) is 9.34. The molecule has 1 radical (unpaired) electrons. The number of hydrogen-bond acceptors (Lipinski definition) is 3. The van der Waals surface area contributed by atoms with Crippen LogP contribution in [0, 0.1) is 0 Å². The smallest absolute Gasteiger partial charge is 0.330 e. The van der Waals surface area contributed by atoms with E-state index in [0.29, 0.717) is 0 Å². The van der Waals surface area contributed by atoms with Gasteiger partial charge in [-0.2, -0.15) is 0 Å². The lowest BCUT2D eigenvalue weighted by molar-refractivity contribution is -0.0893. The lowest BCUT2D eigenvalue weighted by atomic mass is 9.82. The Labute approximate surface area is 197 Å². The van der Waals surface area contributed by atoms with E-state index in [2.05, 4.69) is 60.7 Å². The summed E-state index contributed by atoms with van der Waals surface area (Å²) in [5, 5.41) is 10.3. The molecule has 3 nitrogen and oxygen atoms in total. The number of aliphatic hydroxyl groups is 1. The van der Waals surface area contributed by atoms with E-state index in [1.807, 2.05) is 50.2 Å². The fourth-order valence-electron chi connectivity index (χ4n) is 3.32. The third kappa shape index (κ3) is 5.41. The predicted octanol–water partition coefficient (Wildman–Crippen LogP) is 5.89. The highest BCUT2D eigenvalue weighted by atomic mass is 16.5. The van der Waals surface area contributed by atoms with Crippen LogP contribution in [0.3, 0.4) is 0 Å². The van der Waals surface area contributed by atoms with Crippen molar-refractivity contribution in [1.82, 2.24) is 4.98 Å². The average Bonchev–Trinajstić information content (AvgIpc) is 2.83. The molecule has 4 heteroatoms. The van der Waals surface area contributed by atoms with Crippen LogP contribution in [0.4, 0.5) is 0 Å². The van der Waals surface area contributed by atoms with Crippen LogP contribution in [0.5, 0.6) is 0 Å². The van der Waals surface area contributed by atoms with Gasteiger partial charge in [-0.15, -0.1) is 0 Å². The van der Waals surface area contributed by atoms with Crippen molar-refractivity contribution in [3.63, 3.8) is 0 Å². The normalized spacial score (nSPS) is 11.9. The minimum absolute atomic E-state index is 0.707. The molecule has 0 amide bonds. The molecule has 165 valence electrons. The number of rotatable bonds is 7. The van der Waals surface area contributed by atoms with E-state index in [1.165, 1.54) is 0 Å². The first-order valence-corrected chi connectivity index (χ1v) is 11.2. The van der Waals surface area contributed by atoms with Crippen LogP contribution in [-0.4, -0.2) is 28.8 Å². The van der Waals surface area contributed by atoms with E-state index < -0.39 is 11.2 Å². The molecule has 0 spiro atoms. The highest BCUT2D eigenvalue weighted by Gasteiger charge is 2.35. The molecule has 3 aromatic carbocycles. The number of hydrogen-bond donors (Lipinski definition) is 1. The molecule has 0 bridgehead atoms. The van der Waals surface area contributed by atoms with Gasteiger partial charge >= 0.3 is 7.48 Å². The molecule has 0 aliphatic carbocycles. The van der Waals surface area contributed by atoms with Crippen molar-refractivity contribution in [2.24, 2.45) is 0 Å². The van der Waals surface area contributed by atoms with Crippen LogP contribution >= 0.6 is 0 Å². The van der Waals surface area contributed by atoms with Gasteiger partial charge in [-0.05, 0) is 51.0 Å². The summed E-state index contributed by atoms with van der Waals surface area (Å²) in [6, 6.07) is 33.0. The Bertz CT molecular complexity index is 1140. The minimum Gasteiger partial charge on any atom is -0.427 e. The van der Waals surface area contributed by atoms with Crippen LogP contribution < -0.4 is 5.46 Å². The third-order valence-electron chi connectivity index (χ3n) is 6.17. The van der Waals surface area contributed by atoms with Crippen molar-refractivity contribution in [2.75, 3.05) is 0 Å². The molecule has 1 aromatic heterocycles. The van der Waals surface area contributed by atoms with Gasteiger partial charge in [0.15, 0.2) is 0 Å². The molecule has 4 rings (SSSR count). The van der Waals surface area contributed by atoms with Gasteiger partial charge in [0.1, 0.15) is 0 Å². The third-order valence-corrected chi connectivity index (χ3v) is 6.17. The Hall–Kier alpha value is -3.21. The molecular weight excluding hydrogens is 405 g/mol. The molecule has 0 aliphatic heterocycles. The molecule has 0 unspecified atom stereocenters. The van der Waals surface area contributed by atoms with Crippen molar-refractivity contribution in [1.29, 1.82) is 0 Å². The monoisotopic (exact) mass is 434 g/mol. The maximum Gasteiger partial charge on any atom is 0.330 e. The lowest BCUT2D eigenvalue weighted by Crippen LogP contribution is -2.49. The molecule has 4 aromatic rings. The van der Waals surface area contributed by atoms with Crippen LogP contribution in [0.2, 0.25) is 0 Å². The first-order valence-electron chi connectivity index (χ1n) is 11.2. The molecular formula is C29H29BNO2. The maximum atomic E-state index is 10.3. The predicted molar refractivity (Wildman–Crippen MR) is 137 cm³/mol. The number of benzene rings is 3. The zero-order chi connectivity index (χ0) is 23.5. The average molecular weight is 434 g/mol. The van der Waals surface area contributed by atoms with Gasteiger partial charge in [-0.25, -0.2) is 4.98 Å². The van der Waals surface area contributed by atoms with E-state index in [1.54, 1.807) is 21.3 Å². The summed E-state index contributed by atoms with van der Waals surface area (Å²) in [5.41, 5.74) is 5.53. The van der Waals surface area contributed by atoms with Crippen LogP contribution in [0.25, 0.3) is 33.6 Å². The zero-order valence-corrected chi connectivity index (χ0v) is 19.6. The first-order chi connectivity index (χ1) is 15.7. The van der Waals surface area contributed by atoms with Gasteiger partial charge in [-0.1, -0.05) is 90.4 Å². The Morgan fingerprint density at radius 3 is 1.64 bits per heavy atom. The maximum absolute atomic E-state index is 10.3. The summed E-state index contributed by atoms with van der Waals surface area (Å²) >= 11 is 0. The minimum atomic E-state index is -0.959. The molecule has 0 fully saturated rings.